The van der Waals surface area contributed by atoms with Gasteiger partial charge in [0.2, 0.25) is 11.8 Å². The van der Waals surface area contributed by atoms with E-state index < -0.39 is 28.7 Å². The molecule has 1 saturated heterocycles. The predicted octanol–water partition coefficient (Wildman–Crippen LogP) is 1.55. The van der Waals surface area contributed by atoms with Crippen LogP contribution in [-0.4, -0.2) is 71.5 Å². The number of fused-ring (bicyclic) bond motifs is 3. The molecule has 9 heteroatoms. The molecule has 0 aromatic heterocycles. The highest BCUT2D eigenvalue weighted by atomic mass is 35.5. The first kappa shape index (κ1) is 23.2. The fourth-order valence-electron chi connectivity index (χ4n) is 5.80. The second kappa shape index (κ2) is 9.49. The first-order chi connectivity index (χ1) is 14.8. The molecule has 5 atom stereocenters. The summed E-state index contributed by atoms with van der Waals surface area (Å²) in [4.78, 5) is 25.3. The summed E-state index contributed by atoms with van der Waals surface area (Å²) in [5.74, 6) is -0.253. The van der Waals surface area contributed by atoms with E-state index in [0.29, 0.717) is 51.5 Å². The third-order valence-electron chi connectivity index (χ3n) is 7.86. The molecule has 5 aliphatic rings. The lowest BCUT2D eigenvalue weighted by Crippen LogP contribution is -2.70. The average Bonchev–Trinajstić information content (AvgIpc) is 2.76. The molecule has 0 spiro atoms. The van der Waals surface area contributed by atoms with Crippen molar-refractivity contribution in [3.05, 3.63) is 0 Å². The number of halogens is 2. The van der Waals surface area contributed by atoms with Crippen molar-refractivity contribution in [3.63, 3.8) is 0 Å². The Bertz CT molecular complexity index is 667. The fourth-order valence-corrected chi connectivity index (χ4v) is 6.03. The van der Waals surface area contributed by atoms with Crippen LogP contribution in [0, 0.1) is 5.92 Å². The van der Waals surface area contributed by atoms with E-state index in [1.165, 1.54) is 0 Å². The van der Waals surface area contributed by atoms with E-state index in [-0.39, 0.29) is 36.9 Å². The van der Waals surface area contributed by atoms with Crippen LogP contribution < -0.4 is 16.0 Å². The summed E-state index contributed by atoms with van der Waals surface area (Å²) in [7, 11) is 0. The zero-order valence-corrected chi connectivity index (χ0v) is 18.8. The van der Waals surface area contributed by atoms with Gasteiger partial charge in [-0.1, -0.05) is 0 Å². The summed E-state index contributed by atoms with van der Waals surface area (Å²) in [6.07, 6.45) is 4.36. The lowest BCUT2D eigenvalue weighted by molar-refractivity contribution is -0.140. The minimum absolute atomic E-state index is 0.0240. The van der Waals surface area contributed by atoms with E-state index in [2.05, 4.69) is 16.0 Å². The summed E-state index contributed by atoms with van der Waals surface area (Å²) in [5, 5.41) is 19.9. The predicted molar refractivity (Wildman–Crippen MR) is 115 cm³/mol. The summed E-state index contributed by atoms with van der Waals surface area (Å²) in [6.45, 7) is 1.53. The molecule has 176 valence electrons. The Morgan fingerprint density at radius 3 is 2.58 bits per heavy atom. The zero-order chi connectivity index (χ0) is 22.1. The number of carbonyl (C=O) groups is 2. The fraction of sp³-hybridized carbons (Fsp3) is 0.909. The summed E-state index contributed by atoms with van der Waals surface area (Å²) in [6, 6.07) is 0. The monoisotopic (exact) mass is 459 g/mol. The highest BCUT2D eigenvalue weighted by Crippen LogP contribution is 2.47. The standard InChI is InChI=1S/C22H35ClFN3O4/c23-16-4-3-15(10-17(16)24)31-13-19(29)26-21-5-7-22(8-6-21,18(28)11-21)27-20(30)14-2-1-9-25-12-14/h14-18,25,28H,1-13H2,(H,26,29)(H,27,30). The number of aliphatic hydroxyl groups is 1. The van der Waals surface area contributed by atoms with Crippen LogP contribution in [-0.2, 0) is 14.3 Å². The van der Waals surface area contributed by atoms with Crippen molar-refractivity contribution in [1.29, 1.82) is 0 Å². The van der Waals surface area contributed by atoms with Gasteiger partial charge in [-0.25, -0.2) is 4.39 Å². The van der Waals surface area contributed by atoms with Gasteiger partial charge >= 0.3 is 0 Å². The van der Waals surface area contributed by atoms with Gasteiger partial charge in [-0.2, -0.15) is 0 Å². The normalized spacial score (nSPS) is 42.7. The maximum atomic E-state index is 13.8. The van der Waals surface area contributed by atoms with Crippen molar-refractivity contribution in [2.75, 3.05) is 19.7 Å². The number of nitrogens with one attached hydrogen (secondary N) is 3. The number of carbonyl (C=O) groups excluding carboxylic acids is 2. The van der Waals surface area contributed by atoms with E-state index in [0.717, 1.165) is 19.4 Å². The van der Waals surface area contributed by atoms with Gasteiger partial charge in [0.15, 0.2) is 0 Å². The molecule has 0 radical (unpaired) electrons. The average molecular weight is 460 g/mol. The molecule has 7 nitrogen and oxygen atoms in total. The molecule has 2 bridgehead atoms. The Kier molecular flexibility index (Phi) is 7.11. The number of rotatable bonds is 6. The van der Waals surface area contributed by atoms with Crippen molar-refractivity contribution in [2.24, 2.45) is 5.92 Å². The molecular weight excluding hydrogens is 425 g/mol. The second-order valence-electron chi connectivity index (χ2n) is 10.0. The Hall–Kier alpha value is -0.960. The second-order valence-corrected chi connectivity index (χ2v) is 10.6. The summed E-state index contributed by atoms with van der Waals surface area (Å²) in [5.41, 5.74) is -1.05. The minimum Gasteiger partial charge on any atom is -0.391 e. The zero-order valence-electron chi connectivity index (χ0n) is 18.0. The smallest absolute Gasteiger partial charge is 0.246 e. The quantitative estimate of drug-likeness (QED) is 0.452. The van der Waals surface area contributed by atoms with E-state index >= 15 is 0 Å². The highest BCUT2D eigenvalue weighted by molar-refractivity contribution is 6.21. The summed E-state index contributed by atoms with van der Waals surface area (Å²) < 4.78 is 19.4. The number of aliphatic hydroxyl groups excluding tert-OH is 1. The van der Waals surface area contributed by atoms with Crippen LogP contribution in [0.1, 0.15) is 64.2 Å². The molecular formula is C22H35ClFN3O4. The van der Waals surface area contributed by atoms with Gasteiger partial charge in [0.05, 0.1) is 29.0 Å². The topological polar surface area (TPSA) is 99.7 Å². The molecule has 1 heterocycles. The van der Waals surface area contributed by atoms with Crippen molar-refractivity contribution in [1.82, 2.24) is 16.0 Å². The molecule has 5 unspecified atom stereocenters. The van der Waals surface area contributed by atoms with Crippen LogP contribution in [0.3, 0.4) is 0 Å². The first-order valence-corrected chi connectivity index (χ1v) is 12.2. The van der Waals surface area contributed by atoms with Gasteiger partial charge in [0.1, 0.15) is 12.8 Å². The van der Waals surface area contributed by atoms with E-state index in [1.54, 1.807) is 0 Å². The molecule has 4 N–H and O–H groups in total. The highest BCUT2D eigenvalue weighted by Gasteiger charge is 2.55. The number of hydrogen-bond acceptors (Lipinski definition) is 5. The van der Waals surface area contributed by atoms with Crippen LogP contribution in [0.5, 0.6) is 0 Å². The largest absolute Gasteiger partial charge is 0.391 e. The molecule has 4 saturated carbocycles. The molecule has 1 aliphatic heterocycles. The Balaban J connectivity index is 1.26. The third-order valence-corrected chi connectivity index (χ3v) is 8.35. The van der Waals surface area contributed by atoms with Crippen molar-refractivity contribution >= 4 is 23.4 Å². The van der Waals surface area contributed by atoms with Gasteiger partial charge < -0.3 is 25.8 Å². The molecule has 31 heavy (non-hydrogen) atoms. The molecule has 0 aromatic carbocycles. The molecule has 5 rings (SSSR count). The van der Waals surface area contributed by atoms with Crippen LogP contribution in [0.25, 0.3) is 0 Å². The van der Waals surface area contributed by atoms with Crippen LogP contribution in [0.2, 0.25) is 0 Å². The molecule has 0 aromatic rings. The van der Waals surface area contributed by atoms with Crippen LogP contribution in [0.4, 0.5) is 4.39 Å². The Labute approximate surface area is 188 Å². The SMILES string of the molecule is O=C(COC1CCC(Cl)C(F)C1)NC12CCC(NC(=O)C3CCCNC3)(CC1)C(O)C2. The number of amides is 2. The molecule has 4 aliphatic carbocycles. The van der Waals surface area contributed by atoms with E-state index in [1.807, 2.05) is 0 Å². The third kappa shape index (κ3) is 5.18. The number of ether oxygens (including phenoxy) is 1. The number of alkyl halides is 2. The maximum Gasteiger partial charge on any atom is 0.246 e. The Morgan fingerprint density at radius 2 is 1.94 bits per heavy atom. The number of hydrogen-bond donors (Lipinski definition) is 4. The van der Waals surface area contributed by atoms with Gasteiger partial charge in [-0.05, 0) is 64.3 Å². The van der Waals surface area contributed by atoms with E-state index in [9.17, 15) is 19.1 Å². The lowest BCUT2D eigenvalue weighted by Gasteiger charge is -2.56. The van der Waals surface area contributed by atoms with Gasteiger partial charge in [-0.3, -0.25) is 9.59 Å². The van der Waals surface area contributed by atoms with Crippen molar-refractivity contribution in [2.45, 2.75) is 99.0 Å². The van der Waals surface area contributed by atoms with E-state index in [4.69, 9.17) is 16.3 Å². The Morgan fingerprint density at radius 1 is 1.16 bits per heavy atom. The number of piperidine rings is 1. The van der Waals surface area contributed by atoms with Gasteiger partial charge in [0, 0.05) is 18.5 Å². The van der Waals surface area contributed by atoms with Crippen molar-refractivity contribution in [3.8, 4) is 0 Å². The van der Waals surface area contributed by atoms with Crippen LogP contribution in [0.15, 0.2) is 0 Å². The van der Waals surface area contributed by atoms with Gasteiger partial charge in [0.25, 0.3) is 0 Å². The minimum atomic E-state index is -1.10. The van der Waals surface area contributed by atoms with Crippen molar-refractivity contribution < 1.29 is 23.8 Å². The molecule has 5 fully saturated rings. The molecule has 2 amide bonds. The van der Waals surface area contributed by atoms with Gasteiger partial charge in [-0.15, -0.1) is 11.6 Å². The maximum absolute atomic E-state index is 13.8. The van der Waals surface area contributed by atoms with Crippen LogP contribution >= 0.6 is 11.6 Å². The lowest BCUT2D eigenvalue weighted by atomic mass is 9.59. The summed E-state index contributed by atoms with van der Waals surface area (Å²) >= 11 is 5.90. The first-order valence-electron chi connectivity index (χ1n) is 11.7.